The van der Waals surface area contributed by atoms with E-state index in [0.29, 0.717) is 12.1 Å². The second-order valence-electron chi connectivity index (χ2n) is 5.16. The van der Waals surface area contributed by atoms with E-state index in [1.54, 1.807) is 0 Å². The highest BCUT2D eigenvalue weighted by atomic mass is 15.1. The fourth-order valence-corrected chi connectivity index (χ4v) is 2.35. The molecule has 1 aromatic rings. The first-order valence-corrected chi connectivity index (χ1v) is 7.11. The Hall–Kier alpha value is -0.860. The van der Waals surface area contributed by atoms with Crippen LogP contribution in [-0.4, -0.2) is 31.6 Å². The molecule has 0 aliphatic carbocycles. The van der Waals surface area contributed by atoms with Crippen molar-refractivity contribution in [3.63, 3.8) is 0 Å². The SMILES string of the molecule is CCCC(C)N(C)CCC(NC)c1ccccc1. The number of hydrogen-bond donors (Lipinski definition) is 1. The van der Waals surface area contributed by atoms with E-state index in [1.807, 2.05) is 7.05 Å². The largest absolute Gasteiger partial charge is 0.313 e. The second-order valence-corrected chi connectivity index (χ2v) is 5.16. The lowest BCUT2D eigenvalue weighted by Gasteiger charge is -2.26. The Balaban J connectivity index is 2.45. The minimum absolute atomic E-state index is 0.461. The van der Waals surface area contributed by atoms with Gasteiger partial charge in [-0.2, -0.15) is 0 Å². The van der Waals surface area contributed by atoms with Gasteiger partial charge in [-0.25, -0.2) is 0 Å². The lowest BCUT2D eigenvalue weighted by Crippen LogP contribution is -2.32. The van der Waals surface area contributed by atoms with Crippen LogP contribution in [0.4, 0.5) is 0 Å². The van der Waals surface area contributed by atoms with Crippen molar-refractivity contribution in [3.8, 4) is 0 Å². The minimum Gasteiger partial charge on any atom is -0.313 e. The van der Waals surface area contributed by atoms with Crippen molar-refractivity contribution in [3.05, 3.63) is 35.9 Å². The molecule has 0 amide bonds. The zero-order valence-electron chi connectivity index (χ0n) is 12.3. The highest BCUT2D eigenvalue weighted by Crippen LogP contribution is 2.17. The summed E-state index contributed by atoms with van der Waals surface area (Å²) in [6, 6.07) is 11.9. The Morgan fingerprint density at radius 3 is 2.39 bits per heavy atom. The molecule has 0 aliphatic heterocycles. The Kier molecular flexibility index (Phi) is 6.99. The summed E-state index contributed by atoms with van der Waals surface area (Å²) in [5, 5.41) is 3.42. The Morgan fingerprint density at radius 2 is 1.83 bits per heavy atom. The molecule has 2 unspecified atom stereocenters. The third-order valence-electron chi connectivity index (χ3n) is 3.78. The van der Waals surface area contributed by atoms with Crippen LogP contribution < -0.4 is 5.32 Å². The molecule has 2 nitrogen and oxygen atoms in total. The van der Waals surface area contributed by atoms with Gasteiger partial charge in [0.25, 0.3) is 0 Å². The van der Waals surface area contributed by atoms with E-state index in [9.17, 15) is 0 Å². The predicted octanol–water partition coefficient (Wildman–Crippen LogP) is 3.46. The number of nitrogens with one attached hydrogen (secondary N) is 1. The van der Waals surface area contributed by atoms with Crippen molar-refractivity contribution >= 4 is 0 Å². The third-order valence-corrected chi connectivity index (χ3v) is 3.78. The molecule has 102 valence electrons. The summed E-state index contributed by atoms with van der Waals surface area (Å²) in [6.07, 6.45) is 3.71. The topological polar surface area (TPSA) is 15.3 Å². The quantitative estimate of drug-likeness (QED) is 0.758. The number of nitrogens with zero attached hydrogens (tertiary/aromatic N) is 1. The summed E-state index contributed by atoms with van der Waals surface area (Å²) >= 11 is 0. The van der Waals surface area contributed by atoms with Crippen LogP contribution >= 0.6 is 0 Å². The molecule has 1 aromatic carbocycles. The maximum absolute atomic E-state index is 3.42. The standard InChI is InChI=1S/C16H28N2/c1-5-9-14(2)18(4)13-12-16(17-3)15-10-7-6-8-11-15/h6-8,10-11,14,16-17H,5,9,12-13H2,1-4H3. The van der Waals surface area contributed by atoms with Crippen molar-refractivity contribution in [1.29, 1.82) is 0 Å². The van der Waals surface area contributed by atoms with E-state index in [0.717, 1.165) is 13.0 Å². The smallest absolute Gasteiger partial charge is 0.0329 e. The maximum Gasteiger partial charge on any atom is 0.0329 e. The first-order valence-electron chi connectivity index (χ1n) is 7.11. The number of benzene rings is 1. The molecule has 1 rings (SSSR count). The molecule has 0 saturated heterocycles. The molecule has 0 fully saturated rings. The Labute approximate surface area is 112 Å². The zero-order chi connectivity index (χ0) is 13.4. The highest BCUT2D eigenvalue weighted by molar-refractivity contribution is 5.18. The summed E-state index contributed by atoms with van der Waals surface area (Å²) in [4.78, 5) is 2.47. The van der Waals surface area contributed by atoms with Crippen LogP contribution in [0.25, 0.3) is 0 Å². The third kappa shape index (κ3) is 4.79. The van der Waals surface area contributed by atoms with Crippen molar-refractivity contribution in [2.75, 3.05) is 20.6 Å². The van der Waals surface area contributed by atoms with Gasteiger partial charge in [0.1, 0.15) is 0 Å². The fourth-order valence-electron chi connectivity index (χ4n) is 2.35. The Bertz CT molecular complexity index is 310. The van der Waals surface area contributed by atoms with Gasteiger partial charge in [-0.05, 0) is 46.0 Å². The van der Waals surface area contributed by atoms with Gasteiger partial charge in [-0.15, -0.1) is 0 Å². The van der Waals surface area contributed by atoms with Gasteiger partial charge in [-0.3, -0.25) is 0 Å². The van der Waals surface area contributed by atoms with Gasteiger partial charge in [0.15, 0.2) is 0 Å². The van der Waals surface area contributed by atoms with Crippen molar-refractivity contribution in [2.45, 2.75) is 45.2 Å². The highest BCUT2D eigenvalue weighted by Gasteiger charge is 2.12. The lowest BCUT2D eigenvalue weighted by atomic mass is 10.0. The first kappa shape index (κ1) is 15.2. The molecular formula is C16H28N2. The number of hydrogen-bond acceptors (Lipinski definition) is 2. The van der Waals surface area contributed by atoms with E-state index in [1.165, 1.54) is 18.4 Å². The monoisotopic (exact) mass is 248 g/mol. The zero-order valence-corrected chi connectivity index (χ0v) is 12.3. The molecule has 0 heterocycles. The molecule has 2 heteroatoms. The van der Waals surface area contributed by atoms with Crippen molar-refractivity contribution in [2.24, 2.45) is 0 Å². The van der Waals surface area contributed by atoms with Crippen molar-refractivity contribution < 1.29 is 0 Å². The first-order chi connectivity index (χ1) is 8.69. The maximum atomic E-state index is 3.42. The molecule has 0 bridgehead atoms. The van der Waals surface area contributed by atoms with Crippen molar-refractivity contribution in [1.82, 2.24) is 10.2 Å². The van der Waals surface area contributed by atoms with Gasteiger partial charge in [-0.1, -0.05) is 43.7 Å². The lowest BCUT2D eigenvalue weighted by molar-refractivity contribution is 0.232. The summed E-state index contributed by atoms with van der Waals surface area (Å²) in [6.45, 7) is 5.71. The summed E-state index contributed by atoms with van der Waals surface area (Å²) in [7, 11) is 4.28. The van der Waals surface area contributed by atoms with Gasteiger partial charge in [0, 0.05) is 12.1 Å². The van der Waals surface area contributed by atoms with E-state index in [-0.39, 0.29) is 0 Å². The summed E-state index contributed by atoms with van der Waals surface area (Å²) in [5.74, 6) is 0. The van der Waals surface area contributed by atoms with Crippen LogP contribution in [-0.2, 0) is 0 Å². The fraction of sp³-hybridized carbons (Fsp3) is 0.625. The molecule has 0 saturated carbocycles. The minimum atomic E-state index is 0.461. The molecule has 0 aromatic heterocycles. The van der Waals surface area contributed by atoms with E-state index in [4.69, 9.17) is 0 Å². The Morgan fingerprint density at radius 1 is 1.17 bits per heavy atom. The average molecular weight is 248 g/mol. The molecule has 1 N–H and O–H groups in total. The molecular weight excluding hydrogens is 220 g/mol. The molecule has 2 atom stereocenters. The predicted molar refractivity (Wildman–Crippen MR) is 79.9 cm³/mol. The van der Waals surface area contributed by atoms with Crippen LogP contribution in [0.5, 0.6) is 0 Å². The summed E-state index contributed by atoms with van der Waals surface area (Å²) in [5.41, 5.74) is 1.39. The van der Waals surface area contributed by atoms with E-state index >= 15 is 0 Å². The van der Waals surface area contributed by atoms with E-state index in [2.05, 4.69) is 61.4 Å². The number of rotatable bonds is 8. The van der Waals surface area contributed by atoms with Gasteiger partial charge < -0.3 is 10.2 Å². The van der Waals surface area contributed by atoms with Gasteiger partial charge in [0.2, 0.25) is 0 Å². The van der Waals surface area contributed by atoms with Gasteiger partial charge in [0.05, 0.1) is 0 Å². The molecule has 0 aliphatic rings. The van der Waals surface area contributed by atoms with Crippen LogP contribution in [0, 0.1) is 0 Å². The van der Waals surface area contributed by atoms with E-state index < -0.39 is 0 Å². The normalized spacial score (nSPS) is 14.7. The van der Waals surface area contributed by atoms with Crippen LogP contribution in [0.3, 0.4) is 0 Å². The average Bonchev–Trinajstić information content (AvgIpc) is 2.40. The molecule has 0 spiro atoms. The molecule has 0 radical (unpaired) electrons. The van der Waals surface area contributed by atoms with Gasteiger partial charge >= 0.3 is 0 Å². The molecule has 18 heavy (non-hydrogen) atoms. The second kappa shape index (κ2) is 8.28. The van der Waals surface area contributed by atoms with Crippen LogP contribution in [0.1, 0.15) is 44.7 Å². The van der Waals surface area contributed by atoms with Crippen LogP contribution in [0.2, 0.25) is 0 Å². The summed E-state index contributed by atoms with van der Waals surface area (Å²) < 4.78 is 0. The van der Waals surface area contributed by atoms with Crippen LogP contribution in [0.15, 0.2) is 30.3 Å².